The summed E-state index contributed by atoms with van der Waals surface area (Å²) in [5.41, 5.74) is 0. The molecule has 0 aromatic heterocycles. The van der Waals surface area contributed by atoms with Gasteiger partial charge in [-0.1, -0.05) is 0 Å². The van der Waals surface area contributed by atoms with Gasteiger partial charge < -0.3 is 72.9 Å². The topological polar surface area (TPSA) is 145 Å². The standard InChI is InChI=1S/C9H21NO3.4CH4O.5CH3.3Ti/c1-7(11)4-10(5-8(2)12)6-9(3)13;4*1-2;;;;;;;;/h7-9,11-13H,4-6H2,1-3H3;4*2H,1H3;5*1H3;;;/q;;;;;5*-1;;;+3. The summed E-state index contributed by atoms with van der Waals surface area (Å²) in [4.78, 5) is 1.85. The average molecular weight is 538 g/mol. The molecule has 29 heavy (non-hydrogen) atoms. The Labute approximate surface area is 228 Å². The SMILES string of the molecule is CC(O)CN(CC(C)O)CC(C)O.CO.CO.CO.CO.[CH3-].[CH3-].[CH3-].[CH3-].[CH3-].[Ti+3].[Ti].[Ti]. The molecule has 0 heterocycles. The van der Waals surface area contributed by atoms with Crippen LogP contribution in [0.1, 0.15) is 20.8 Å². The van der Waals surface area contributed by atoms with Gasteiger partial charge in [-0.3, -0.25) is 4.90 Å². The van der Waals surface area contributed by atoms with Crippen LogP contribution in [-0.2, 0) is 65.2 Å². The zero-order valence-corrected chi connectivity index (χ0v) is 25.6. The van der Waals surface area contributed by atoms with Gasteiger partial charge in [-0.25, -0.2) is 0 Å². The number of nitrogens with zero attached hydrogens (tertiary/aromatic N) is 1. The smallest absolute Gasteiger partial charge is 0.400 e. The third-order valence-corrected chi connectivity index (χ3v) is 1.57. The van der Waals surface area contributed by atoms with Crippen LogP contribution in [0.2, 0.25) is 0 Å². The molecule has 0 saturated carbocycles. The molecule has 7 N–H and O–H groups in total. The third-order valence-electron chi connectivity index (χ3n) is 1.57. The maximum atomic E-state index is 9.14. The van der Waals surface area contributed by atoms with E-state index in [9.17, 15) is 0 Å². The van der Waals surface area contributed by atoms with Crippen molar-refractivity contribution in [2.75, 3.05) is 48.1 Å². The van der Waals surface area contributed by atoms with Gasteiger partial charge in [0.25, 0.3) is 0 Å². The van der Waals surface area contributed by atoms with E-state index >= 15 is 0 Å². The van der Waals surface area contributed by atoms with Crippen molar-refractivity contribution in [2.24, 2.45) is 0 Å². The molecule has 1 radical (unpaired) electrons. The minimum atomic E-state index is -0.433. The summed E-state index contributed by atoms with van der Waals surface area (Å²) in [5, 5.41) is 55.4. The Morgan fingerprint density at radius 3 is 0.655 bits per heavy atom. The van der Waals surface area contributed by atoms with E-state index in [-0.39, 0.29) is 102 Å². The molecule has 8 nitrogen and oxygen atoms in total. The normalized spacial score (nSPS) is 9.21. The largest absolute Gasteiger partial charge is 3.00 e. The van der Waals surface area contributed by atoms with Gasteiger partial charge >= 0.3 is 21.7 Å². The van der Waals surface area contributed by atoms with Crippen molar-refractivity contribution in [3.8, 4) is 0 Å². The Balaban J connectivity index is -0.0000000131. The molecule has 0 aliphatic heterocycles. The molecule has 0 aliphatic carbocycles. The predicted molar refractivity (Wildman–Crippen MR) is 116 cm³/mol. The molecule has 3 unspecified atom stereocenters. The van der Waals surface area contributed by atoms with Crippen LogP contribution in [0.4, 0.5) is 0 Å². The minimum Gasteiger partial charge on any atom is -0.400 e. The summed E-state index contributed by atoms with van der Waals surface area (Å²) in [6.45, 7) is 6.52. The van der Waals surface area contributed by atoms with E-state index in [0.717, 1.165) is 28.4 Å². The summed E-state index contributed by atoms with van der Waals surface area (Å²) >= 11 is 0. The summed E-state index contributed by atoms with van der Waals surface area (Å²) < 4.78 is 0. The van der Waals surface area contributed by atoms with Crippen LogP contribution in [0, 0.1) is 37.1 Å². The number of hydrogen-bond donors (Lipinski definition) is 7. The maximum Gasteiger partial charge on any atom is 3.00 e. The van der Waals surface area contributed by atoms with Crippen LogP contribution in [0.25, 0.3) is 0 Å². The Bertz CT molecular complexity index is 129. The van der Waals surface area contributed by atoms with Crippen molar-refractivity contribution in [3.63, 3.8) is 0 Å². The van der Waals surface area contributed by atoms with Gasteiger partial charge in [-0.05, 0) is 20.8 Å². The summed E-state index contributed by atoms with van der Waals surface area (Å²) in [6, 6.07) is 0. The second kappa shape index (κ2) is 87.5. The molecule has 0 aromatic rings. The minimum absolute atomic E-state index is 0. The van der Waals surface area contributed by atoms with Crippen LogP contribution >= 0.6 is 0 Å². The van der Waals surface area contributed by atoms with Gasteiger partial charge in [-0.2, -0.15) is 0 Å². The van der Waals surface area contributed by atoms with E-state index in [1.165, 1.54) is 0 Å². The molecule has 0 spiro atoms. The van der Waals surface area contributed by atoms with Crippen LogP contribution < -0.4 is 0 Å². The number of hydrogen-bond acceptors (Lipinski definition) is 8. The molecule has 185 valence electrons. The van der Waals surface area contributed by atoms with Crippen LogP contribution in [-0.4, -0.2) is 107 Å². The molecule has 0 aliphatic rings. The van der Waals surface area contributed by atoms with Crippen molar-refractivity contribution in [1.29, 1.82) is 0 Å². The summed E-state index contributed by atoms with van der Waals surface area (Å²) in [7, 11) is 4.00. The molecule has 0 amide bonds. The molecule has 11 heteroatoms. The Hall–Kier alpha value is 1.82. The van der Waals surface area contributed by atoms with Crippen molar-refractivity contribution in [2.45, 2.75) is 39.1 Å². The Morgan fingerprint density at radius 1 is 0.483 bits per heavy atom. The molecular formula is C18H52NO7Ti3-2. The second-order valence-electron chi connectivity index (χ2n) is 3.77. The van der Waals surface area contributed by atoms with Crippen molar-refractivity contribution >= 4 is 0 Å². The van der Waals surface area contributed by atoms with Gasteiger partial charge in [-0.15, -0.1) is 0 Å². The van der Waals surface area contributed by atoms with Crippen LogP contribution in [0.3, 0.4) is 0 Å². The summed E-state index contributed by atoms with van der Waals surface area (Å²) in [5.74, 6) is 0. The van der Waals surface area contributed by atoms with Gasteiger partial charge in [0.15, 0.2) is 0 Å². The van der Waals surface area contributed by atoms with Crippen molar-refractivity contribution in [1.82, 2.24) is 4.90 Å². The number of aliphatic hydroxyl groups excluding tert-OH is 7. The molecule has 0 rings (SSSR count). The van der Waals surface area contributed by atoms with E-state index in [4.69, 9.17) is 35.7 Å². The molecule has 0 fully saturated rings. The fourth-order valence-corrected chi connectivity index (χ4v) is 1.34. The molecule has 0 aromatic carbocycles. The number of rotatable bonds is 6. The zero-order chi connectivity index (χ0) is 18.4. The van der Waals surface area contributed by atoms with Crippen molar-refractivity contribution in [3.05, 3.63) is 37.1 Å². The predicted octanol–water partition coefficient (Wildman–Crippen LogP) is 0.109. The number of aliphatic hydroxyl groups is 7. The van der Waals surface area contributed by atoms with E-state index in [0.29, 0.717) is 19.6 Å². The quantitative estimate of drug-likeness (QED) is 0.187. The summed E-state index contributed by atoms with van der Waals surface area (Å²) in [6.07, 6.45) is -1.30. The fourth-order valence-electron chi connectivity index (χ4n) is 1.34. The first-order chi connectivity index (χ1) is 9.91. The van der Waals surface area contributed by atoms with E-state index in [2.05, 4.69) is 0 Å². The van der Waals surface area contributed by atoms with E-state index < -0.39 is 18.3 Å². The third kappa shape index (κ3) is 121. The first-order valence-electron chi connectivity index (χ1n) is 6.47. The molecule has 3 atom stereocenters. The Kier molecular flexibility index (Phi) is 261. The zero-order valence-electron chi connectivity index (χ0n) is 20.9. The first kappa shape index (κ1) is 86.3. The van der Waals surface area contributed by atoms with Gasteiger partial charge in [0.2, 0.25) is 0 Å². The van der Waals surface area contributed by atoms with Gasteiger partial charge in [0.1, 0.15) is 0 Å². The van der Waals surface area contributed by atoms with Gasteiger partial charge in [0.05, 0.1) is 18.3 Å². The molecule has 0 bridgehead atoms. The maximum absolute atomic E-state index is 9.14. The molecular weight excluding hydrogens is 486 g/mol. The van der Waals surface area contributed by atoms with Crippen molar-refractivity contribution < 1.29 is 101 Å². The monoisotopic (exact) mass is 538 g/mol. The fraction of sp³-hybridized carbons (Fsp3) is 0.722. The van der Waals surface area contributed by atoms with Crippen LogP contribution in [0.5, 0.6) is 0 Å². The van der Waals surface area contributed by atoms with E-state index in [1.54, 1.807) is 20.8 Å². The first-order valence-corrected chi connectivity index (χ1v) is 6.47. The second-order valence-corrected chi connectivity index (χ2v) is 3.77. The van der Waals surface area contributed by atoms with Crippen LogP contribution in [0.15, 0.2) is 0 Å². The Morgan fingerprint density at radius 2 is 0.586 bits per heavy atom. The molecule has 0 saturated heterocycles. The van der Waals surface area contributed by atoms with Gasteiger partial charge in [0, 0.05) is 91.5 Å². The van der Waals surface area contributed by atoms with E-state index in [1.807, 2.05) is 4.90 Å². The average Bonchev–Trinajstić information content (AvgIpc) is 2.45.